The molecule has 3 aromatic carbocycles. The second-order valence-electron chi connectivity index (χ2n) is 6.99. The SMILES string of the molecule is COc1ccc(/C=N/NC(=O)c2cc3ccccc3cc2O)cc1Cn1cnc([N+](=O)[O-])n1. The monoisotopic (exact) mass is 446 g/mol. The first kappa shape index (κ1) is 21.4. The smallest absolute Gasteiger partial charge is 0.490 e. The summed E-state index contributed by atoms with van der Waals surface area (Å²) in [7, 11) is 1.51. The Morgan fingerprint density at radius 1 is 1.24 bits per heavy atom. The van der Waals surface area contributed by atoms with Crippen molar-refractivity contribution in [1.29, 1.82) is 0 Å². The number of hydrogen-bond acceptors (Lipinski definition) is 8. The third-order valence-corrected chi connectivity index (χ3v) is 4.81. The van der Waals surface area contributed by atoms with Crippen LogP contribution in [0.3, 0.4) is 0 Å². The maximum absolute atomic E-state index is 12.5. The van der Waals surface area contributed by atoms with E-state index in [0.717, 1.165) is 10.8 Å². The number of nitrogens with one attached hydrogen (secondary N) is 1. The Hall–Kier alpha value is -4.80. The molecule has 2 N–H and O–H groups in total. The Bertz CT molecular complexity index is 1380. The van der Waals surface area contributed by atoms with Crippen LogP contribution in [0.4, 0.5) is 5.95 Å². The van der Waals surface area contributed by atoms with Gasteiger partial charge in [-0.1, -0.05) is 29.2 Å². The van der Waals surface area contributed by atoms with E-state index in [-0.39, 0.29) is 17.9 Å². The number of fused-ring (bicyclic) bond motifs is 1. The zero-order chi connectivity index (χ0) is 23.4. The summed E-state index contributed by atoms with van der Waals surface area (Å²) in [6.45, 7) is 0.184. The van der Waals surface area contributed by atoms with Crippen LogP contribution < -0.4 is 10.2 Å². The van der Waals surface area contributed by atoms with Gasteiger partial charge in [0.2, 0.25) is 6.33 Å². The number of nitro groups is 1. The van der Waals surface area contributed by atoms with E-state index in [1.54, 1.807) is 24.3 Å². The quantitative estimate of drug-likeness (QED) is 0.252. The van der Waals surface area contributed by atoms with Crippen molar-refractivity contribution >= 4 is 28.8 Å². The highest BCUT2D eigenvalue weighted by Crippen LogP contribution is 2.25. The number of carbonyl (C=O) groups excluding carboxylic acids is 1. The molecule has 4 rings (SSSR count). The van der Waals surface area contributed by atoms with Crippen LogP contribution in [0, 0.1) is 10.1 Å². The molecule has 4 aromatic rings. The molecule has 0 fully saturated rings. The lowest BCUT2D eigenvalue weighted by Crippen LogP contribution is -2.17. The summed E-state index contributed by atoms with van der Waals surface area (Å²) in [5.74, 6) is -0.644. The average molecular weight is 446 g/mol. The molecule has 1 aromatic heterocycles. The molecule has 0 atom stereocenters. The van der Waals surface area contributed by atoms with Crippen molar-refractivity contribution in [2.24, 2.45) is 5.10 Å². The van der Waals surface area contributed by atoms with Crippen LogP contribution >= 0.6 is 0 Å². The molecular formula is C22H18N6O5. The molecule has 0 spiro atoms. The van der Waals surface area contributed by atoms with Crippen LogP contribution in [-0.2, 0) is 6.54 Å². The highest BCUT2D eigenvalue weighted by atomic mass is 16.6. The van der Waals surface area contributed by atoms with Crippen molar-refractivity contribution in [2.75, 3.05) is 7.11 Å². The van der Waals surface area contributed by atoms with Gasteiger partial charge in [-0.05, 0) is 51.6 Å². The third-order valence-electron chi connectivity index (χ3n) is 4.81. The van der Waals surface area contributed by atoms with Crippen molar-refractivity contribution in [3.8, 4) is 11.5 Å². The minimum absolute atomic E-state index is 0.106. The zero-order valence-electron chi connectivity index (χ0n) is 17.4. The molecule has 11 nitrogen and oxygen atoms in total. The molecule has 0 saturated heterocycles. The number of phenolic OH excluding ortho intramolecular Hbond substituents is 1. The number of nitrogens with zero attached hydrogens (tertiary/aromatic N) is 5. The van der Waals surface area contributed by atoms with Crippen molar-refractivity contribution < 1.29 is 19.6 Å². The minimum Gasteiger partial charge on any atom is -0.507 e. The van der Waals surface area contributed by atoms with Crippen LogP contribution in [0.1, 0.15) is 21.5 Å². The first-order valence-electron chi connectivity index (χ1n) is 9.70. The number of methoxy groups -OCH3 is 1. The molecule has 1 heterocycles. The van der Waals surface area contributed by atoms with Crippen LogP contribution in [-0.4, -0.2) is 44.0 Å². The van der Waals surface area contributed by atoms with Gasteiger partial charge in [-0.2, -0.15) is 9.78 Å². The number of amides is 1. The number of carbonyl (C=O) groups is 1. The molecule has 1 amide bonds. The molecule has 0 aliphatic heterocycles. The van der Waals surface area contributed by atoms with Gasteiger partial charge >= 0.3 is 5.95 Å². The lowest BCUT2D eigenvalue weighted by Gasteiger charge is -2.08. The molecule has 33 heavy (non-hydrogen) atoms. The molecule has 166 valence electrons. The Morgan fingerprint density at radius 3 is 2.70 bits per heavy atom. The van der Waals surface area contributed by atoms with Crippen LogP contribution in [0.5, 0.6) is 11.5 Å². The Labute approximate surface area is 187 Å². The maximum Gasteiger partial charge on any atom is 0.490 e. The number of aromatic hydroxyl groups is 1. The van der Waals surface area contributed by atoms with Gasteiger partial charge in [0.15, 0.2) is 0 Å². The van der Waals surface area contributed by atoms with Gasteiger partial charge < -0.3 is 20.0 Å². The average Bonchev–Trinajstić information content (AvgIpc) is 3.27. The zero-order valence-corrected chi connectivity index (χ0v) is 17.4. The van der Waals surface area contributed by atoms with Crippen LogP contribution in [0.15, 0.2) is 66.0 Å². The summed E-state index contributed by atoms with van der Waals surface area (Å²) in [5, 5.41) is 30.4. The Morgan fingerprint density at radius 2 is 2.00 bits per heavy atom. The summed E-state index contributed by atoms with van der Waals surface area (Å²) in [4.78, 5) is 26.2. The summed E-state index contributed by atoms with van der Waals surface area (Å²) in [6, 6.07) is 15.7. The van der Waals surface area contributed by atoms with Crippen molar-refractivity contribution in [3.05, 3.63) is 87.7 Å². The van der Waals surface area contributed by atoms with Gasteiger partial charge in [-0.25, -0.2) is 5.43 Å². The number of aromatic nitrogens is 3. The van der Waals surface area contributed by atoms with E-state index >= 15 is 0 Å². The maximum atomic E-state index is 12.5. The molecular weight excluding hydrogens is 428 g/mol. The number of rotatable bonds is 7. The standard InChI is InChI=1S/C22H18N6O5/c1-33-20-7-6-14(8-17(20)12-27-13-23-22(26-27)28(31)32)11-24-25-21(30)18-9-15-4-2-3-5-16(15)10-19(18)29/h2-11,13,29H,12H2,1H3,(H,25,30)/b24-11+. The molecule has 0 aliphatic carbocycles. The second-order valence-corrected chi connectivity index (χ2v) is 6.99. The first-order valence-corrected chi connectivity index (χ1v) is 9.70. The highest BCUT2D eigenvalue weighted by Gasteiger charge is 2.15. The first-order chi connectivity index (χ1) is 15.9. The number of hydrogen-bond donors (Lipinski definition) is 2. The van der Waals surface area contributed by atoms with E-state index in [1.807, 2.05) is 24.3 Å². The van der Waals surface area contributed by atoms with E-state index in [9.17, 15) is 20.0 Å². The Balaban J connectivity index is 1.50. The fraction of sp³-hybridized carbons (Fsp3) is 0.0909. The summed E-state index contributed by atoms with van der Waals surface area (Å²) >= 11 is 0. The van der Waals surface area contributed by atoms with Gasteiger partial charge in [0.25, 0.3) is 5.91 Å². The number of benzene rings is 3. The van der Waals surface area contributed by atoms with Crippen molar-refractivity contribution in [1.82, 2.24) is 20.2 Å². The Kier molecular flexibility index (Phi) is 5.94. The van der Waals surface area contributed by atoms with E-state index < -0.39 is 16.8 Å². The minimum atomic E-state index is -0.674. The predicted octanol–water partition coefficient (Wildman–Crippen LogP) is 2.87. The third kappa shape index (κ3) is 4.77. The topological polar surface area (TPSA) is 145 Å². The largest absolute Gasteiger partial charge is 0.507 e. The number of phenols is 1. The number of ether oxygens (including phenoxy) is 1. The summed E-state index contributed by atoms with van der Waals surface area (Å²) in [5.41, 5.74) is 3.83. The second kappa shape index (κ2) is 9.14. The van der Waals surface area contributed by atoms with Gasteiger partial charge in [-0.15, -0.1) is 0 Å². The van der Waals surface area contributed by atoms with Crippen molar-refractivity contribution in [3.63, 3.8) is 0 Å². The van der Waals surface area contributed by atoms with E-state index in [0.29, 0.717) is 16.9 Å². The molecule has 11 heteroatoms. The number of hydrazone groups is 1. The lowest BCUT2D eigenvalue weighted by atomic mass is 10.1. The molecule has 0 aliphatic rings. The highest BCUT2D eigenvalue weighted by molar-refractivity contribution is 6.01. The predicted molar refractivity (Wildman–Crippen MR) is 119 cm³/mol. The van der Waals surface area contributed by atoms with Gasteiger partial charge in [0.05, 0.1) is 25.4 Å². The van der Waals surface area contributed by atoms with Crippen molar-refractivity contribution in [2.45, 2.75) is 6.54 Å². The molecule has 0 saturated carbocycles. The van der Waals surface area contributed by atoms with E-state index in [2.05, 4.69) is 20.6 Å². The summed E-state index contributed by atoms with van der Waals surface area (Å²) < 4.78 is 6.66. The summed E-state index contributed by atoms with van der Waals surface area (Å²) in [6.07, 6.45) is 2.69. The molecule has 0 bridgehead atoms. The van der Waals surface area contributed by atoms with Gasteiger partial charge in [0.1, 0.15) is 11.5 Å². The molecule has 0 unspecified atom stereocenters. The van der Waals surface area contributed by atoms with E-state index in [4.69, 9.17) is 4.74 Å². The van der Waals surface area contributed by atoms with Crippen LogP contribution in [0.2, 0.25) is 0 Å². The fourth-order valence-electron chi connectivity index (χ4n) is 3.26. The normalized spacial score (nSPS) is 11.1. The fourth-order valence-corrected chi connectivity index (χ4v) is 3.26. The van der Waals surface area contributed by atoms with Crippen LogP contribution in [0.25, 0.3) is 10.8 Å². The van der Waals surface area contributed by atoms with E-state index in [1.165, 1.54) is 30.4 Å². The van der Waals surface area contributed by atoms with Gasteiger partial charge in [0, 0.05) is 10.7 Å². The molecule has 0 radical (unpaired) electrons. The van der Waals surface area contributed by atoms with Gasteiger partial charge in [-0.3, -0.25) is 4.79 Å². The lowest BCUT2D eigenvalue weighted by molar-refractivity contribution is -0.394.